The van der Waals surface area contributed by atoms with Crippen molar-refractivity contribution in [3.05, 3.63) is 0 Å². The molecule has 1 aliphatic rings. The zero-order valence-corrected chi connectivity index (χ0v) is 14.7. The SMILES string of the molecule is COCCOC1CC(CC[Si](OC)(OC)OC)CCC1O. The molecule has 0 aromatic heterocycles. The van der Waals surface area contributed by atoms with Gasteiger partial charge in [0.05, 0.1) is 25.4 Å². The molecule has 0 aromatic carbocycles. The third kappa shape index (κ3) is 5.94. The van der Waals surface area contributed by atoms with Crippen molar-refractivity contribution in [3.8, 4) is 0 Å². The van der Waals surface area contributed by atoms with Gasteiger partial charge in [0.25, 0.3) is 0 Å². The lowest BCUT2D eigenvalue weighted by Gasteiger charge is -2.34. The van der Waals surface area contributed by atoms with Crippen LogP contribution in [0.1, 0.15) is 25.7 Å². The average Bonchev–Trinajstić information content (AvgIpc) is 2.52. The van der Waals surface area contributed by atoms with E-state index in [-0.39, 0.29) is 12.2 Å². The van der Waals surface area contributed by atoms with Crippen LogP contribution < -0.4 is 0 Å². The summed E-state index contributed by atoms with van der Waals surface area (Å²) >= 11 is 0. The molecule has 1 N–H and O–H groups in total. The fraction of sp³-hybridized carbons (Fsp3) is 1.00. The first-order valence-electron chi connectivity index (χ1n) is 7.54. The van der Waals surface area contributed by atoms with Crippen LogP contribution in [-0.2, 0) is 22.8 Å². The quantitative estimate of drug-likeness (QED) is 0.485. The predicted molar refractivity (Wildman–Crippen MR) is 81.2 cm³/mol. The number of aliphatic hydroxyl groups excluding tert-OH is 1. The zero-order chi connectivity index (χ0) is 15.7. The van der Waals surface area contributed by atoms with Crippen LogP contribution in [-0.4, -0.2) is 67.8 Å². The minimum atomic E-state index is -2.49. The molecule has 1 rings (SSSR count). The van der Waals surface area contributed by atoms with Gasteiger partial charge in [0.1, 0.15) is 0 Å². The number of methoxy groups -OCH3 is 1. The van der Waals surface area contributed by atoms with Gasteiger partial charge in [-0.15, -0.1) is 0 Å². The van der Waals surface area contributed by atoms with E-state index in [2.05, 4.69) is 0 Å². The van der Waals surface area contributed by atoms with Crippen molar-refractivity contribution in [2.24, 2.45) is 5.92 Å². The van der Waals surface area contributed by atoms with E-state index in [0.29, 0.717) is 19.1 Å². The molecule has 1 saturated carbocycles. The highest BCUT2D eigenvalue weighted by molar-refractivity contribution is 6.60. The summed E-state index contributed by atoms with van der Waals surface area (Å²) in [6.07, 6.45) is 3.16. The van der Waals surface area contributed by atoms with Gasteiger partial charge < -0.3 is 27.9 Å². The van der Waals surface area contributed by atoms with E-state index in [1.54, 1.807) is 28.4 Å². The van der Waals surface area contributed by atoms with E-state index in [1.165, 1.54) is 0 Å². The Labute approximate surface area is 129 Å². The molecule has 0 aliphatic heterocycles. The highest BCUT2D eigenvalue weighted by Gasteiger charge is 2.39. The number of hydrogen-bond acceptors (Lipinski definition) is 6. The lowest BCUT2D eigenvalue weighted by Crippen LogP contribution is -2.43. The smallest absolute Gasteiger partial charge is 0.390 e. The number of hydrogen-bond donors (Lipinski definition) is 1. The minimum absolute atomic E-state index is 0.0948. The Morgan fingerprint density at radius 3 is 2.24 bits per heavy atom. The molecule has 0 radical (unpaired) electrons. The van der Waals surface area contributed by atoms with Crippen molar-refractivity contribution in [1.29, 1.82) is 0 Å². The lowest BCUT2D eigenvalue weighted by atomic mass is 9.84. The molecule has 7 heteroatoms. The molecule has 0 heterocycles. The van der Waals surface area contributed by atoms with Crippen molar-refractivity contribution >= 4 is 8.80 Å². The maximum Gasteiger partial charge on any atom is 0.500 e. The number of aliphatic hydroxyl groups is 1. The van der Waals surface area contributed by atoms with Gasteiger partial charge in [0, 0.05) is 34.5 Å². The third-order valence-electron chi connectivity index (χ3n) is 4.28. The molecule has 3 atom stereocenters. The molecule has 3 unspecified atom stereocenters. The molecule has 1 aliphatic carbocycles. The van der Waals surface area contributed by atoms with E-state index < -0.39 is 8.80 Å². The van der Waals surface area contributed by atoms with Gasteiger partial charge in [-0.25, -0.2) is 0 Å². The van der Waals surface area contributed by atoms with Crippen LogP contribution >= 0.6 is 0 Å². The van der Waals surface area contributed by atoms with Gasteiger partial charge in [-0.1, -0.05) is 0 Å². The topological polar surface area (TPSA) is 66.4 Å². The first-order chi connectivity index (χ1) is 10.1. The first-order valence-corrected chi connectivity index (χ1v) is 9.48. The van der Waals surface area contributed by atoms with E-state index in [1.807, 2.05) is 0 Å². The highest BCUT2D eigenvalue weighted by Crippen LogP contribution is 2.32. The monoisotopic (exact) mass is 322 g/mol. The molecule has 0 aromatic rings. The molecule has 21 heavy (non-hydrogen) atoms. The lowest BCUT2D eigenvalue weighted by molar-refractivity contribution is -0.0818. The van der Waals surface area contributed by atoms with Crippen molar-refractivity contribution in [2.45, 2.75) is 43.9 Å². The van der Waals surface area contributed by atoms with E-state index >= 15 is 0 Å². The predicted octanol–water partition coefficient (Wildman–Crippen LogP) is 1.45. The molecule has 6 nitrogen and oxygen atoms in total. The Hall–Kier alpha value is -0.0231. The van der Waals surface area contributed by atoms with Gasteiger partial charge >= 0.3 is 8.80 Å². The summed E-state index contributed by atoms with van der Waals surface area (Å²) in [4.78, 5) is 0. The second-order valence-corrected chi connectivity index (χ2v) is 8.57. The Balaban J connectivity index is 2.41. The Bertz CT molecular complexity index is 266. The summed E-state index contributed by atoms with van der Waals surface area (Å²) in [5, 5.41) is 10.0. The fourth-order valence-electron chi connectivity index (χ4n) is 2.86. The molecule has 0 amide bonds. The Kier molecular flexibility index (Phi) is 8.96. The van der Waals surface area contributed by atoms with Gasteiger partial charge in [-0.05, 0) is 31.6 Å². The van der Waals surface area contributed by atoms with Crippen LogP contribution in [0.25, 0.3) is 0 Å². The second kappa shape index (κ2) is 9.89. The van der Waals surface area contributed by atoms with Crippen LogP contribution in [0.3, 0.4) is 0 Å². The van der Waals surface area contributed by atoms with E-state index in [9.17, 15) is 5.11 Å². The van der Waals surface area contributed by atoms with E-state index in [4.69, 9.17) is 22.8 Å². The molecule has 0 bridgehead atoms. The molecular formula is C14H30O6Si. The first kappa shape index (κ1) is 19.0. The maximum absolute atomic E-state index is 10.0. The summed E-state index contributed by atoms with van der Waals surface area (Å²) in [5.41, 5.74) is 0. The minimum Gasteiger partial charge on any atom is -0.390 e. The van der Waals surface area contributed by atoms with Crippen LogP contribution in [0.5, 0.6) is 0 Å². The summed E-state index contributed by atoms with van der Waals surface area (Å²) in [6, 6.07) is 0.794. The van der Waals surface area contributed by atoms with Crippen molar-refractivity contribution in [1.82, 2.24) is 0 Å². The molecule has 0 spiro atoms. The highest BCUT2D eigenvalue weighted by atomic mass is 28.4. The number of rotatable bonds is 10. The van der Waals surface area contributed by atoms with Crippen molar-refractivity contribution in [3.63, 3.8) is 0 Å². The Morgan fingerprint density at radius 1 is 1.00 bits per heavy atom. The summed E-state index contributed by atoms with van der Waals surface area (Å²) < 4.78 is 27.1. The summed E-state index contributed by atoms with van der Waals surface area (Å²) in [5.74, 6) is 0.508. The molecular weight excluding hydrogens is 292 g/mol. The largest absolute Gasteiger partial charge is 0.500 e. The standard InChI is InChI=1S/C14H30O6Si/c1-16-8-9-20-14-11-12(5-6-13(14)15)7-10-21(17-2,18-3)19-4/h12-15H,5-11H2,1-4H3. The molecule has 126 valence electrons. The molecule has 1 fully saturated rings. The zero-order valence-electron chi connectivity index (χ0n) is 13.7. The van der Waals surface area contributed by atoms with Gasteiger partial charge in [-0.3, -0.25) is 0 Å². The molecule has 0 saturated heterocycles. The van der Waals surface area contributed by atoms with E-state index in [0.717, 1.165) is 31.7 Å². The Morgan fingerprint density at radius 2 is 1.67 bits per heavy atom. The van der Waals surface area contributed by atoms with Crippen LogP contribution in [0.2, 0.25) is 6.04 Å². The van der Waals surface area contributed by atoms with Crippen molar-refractivity contribution in [2.75, 3.05) is 41.7 Å². The van der Waals surface area contributed by atoms with Gasteiger partial charge in [-0.2, -0.15) is 0 Å². The summed E-state index contributed by atoms with van der Waals surface area (Å²) in [6.45, 7) is 1.08. The fourth-order valence-corrected chi connectivity index (χ4v) is 4.73. The van der Waals surface area contributed by atoms with Gasteiger partial charge in [0.2, 0.25) is 0 Å². The van der Waals surface area contributed by atoms with Crippen LogP contribution in [0, 0.1) is 5.92 Å². The van der Waals surface area contributed by atoms with Crippen LogP contribution in [0.15, 0.2) is 0 Å². The van der Waals surface area contributed by atoms with Gasteiger partial charge in [0.15, 0.2) is 0 Å². The normalized spacial score (nSPS) is 27.0. The van der Waals surface area contributed by atoms with Crippen LogP contribution in [0.4, 0.5) is 0 Å². The third-order valence-corrected chi connectivity index (χ3v) is 7.04. The van der Waals surface area contributed by atoms with Crippen molar-refractivity contribution < 1.29 is 27.9 Å². The average molecular weight is 322 g/mol. The summed E-state index contributed by atoms with van der Waals surface area (Å²) in [7, 11) is 4.07. The number of ether oxygens (including phenoxy) is 2. The maximum atomic E-state index is 10.0. The second-order valence-electron chi connectivity index (χ2n) is 5.48.